The summed E-state index contributed by atoms with van der Waals surface area (Å²) in [5.41, 5.74) is 0.575. The minimum Gasteiger partial charge on any atom is -0.460 e. The number of aromatic amines is 1. The van der Waals surface area contributed by atoms with Gasteiger partial charge in [-0.15, -0.1) is 0 Å². The van der Waals surface area contributed by atoms with Gasteiger partial charge >= 0.3 is 6.18 Å². The topological polar surface area (TPSA) is 62.1 Å². The Bertz CT molecular complexity index is 1070. The van der Waals surface area contributed by atoms with Gasteiger partial charge in [-0.05, 0) is 25.1 Å². The number of H-pyrrole nitrogens is 1. The molecule has 0 bridgehead atoms. The highest BCUT2D eigenvalue weighted by atomic mass is 19.4. The average molecular weight is 389 g/mol. The molecule has 5 nitrogen and oxygen atoms in total. The summed E-state index contributed by atoms with van der Waals surface area (Å²) in [5.74, 6) is 1.32. The fraction of sp³-hybridized carbons (Fsp3) is 0.300. The van der Waals surface area contributed by atoms with Gasteiger partial charge in [-0.1, -0.05) is 18.2 Å². The van der Waals surface area contributed by atoms with E-state index in [1.54, 1.807) is 25.1 Å². The van der Waals surface area contributed by atoms with E-state index in [1.807, 2.05) is 4.90 Å². The van der Waals surface area contributed by atoms with Crippen LogP contribution in [-0.2, 0) is 25.7 Å². The van der Waals surface area contributed by atoms with Gasteiger partial charge in [0.15, 0.2) is 0 Å². The molecule has 3 heterocycles. The van der Waals surface area contributed by atoms with E-state index in [9.17, 15) is 18.0 Å². The lowest BCUT2D eigenvalue weighted by Gasteiger charge is -2.26. The van der Waals surface area contributed by atoms with Crippen LogP contribution in [0.15, 0.2) is 45.6 Å². The fourth-order valence-corrected chi connectivity index (χ4v) is 3.51. The summed E-state index contributed by atoms with van der Waals surface area (Å²) in [7, 11) is 0. The van der Waals surface area contributed by atoms with Crippen LogP contribution in [0.25, 0.3) is 11.3 Å². The van der Waals surface area contributed by atoms with Gasteiger partial charge in [0.1, 0.15) is 17.3 Å². The maximum absolute atomic E-state index is 13.2. The molecule has 1 aromatic carbocycles. The van der Waals surface area contributed by atoms with Gasteiger partial charge < -0.3 is 9.40 Å². The van der Waals surface area contributed by atoms with Crippen molar-refractivity contribution in [3.05, 3.63) is 75.2 Å². The SMILES string of the molecule is Cc1nc2c(c(=O)[nH]1)CN(Cc1ccc(-c3ccccc3C(F)(F)F)o1)CC2. The smallest absolute Gasteiger partial charge is 0.417 e. The molecule has 0 radical (unpaired) electrons. The third kappa shape index (κ3) is 3.60. The molecule has 0 aliphatic carbocycles. The first-order valence-corrected chi connectivity index (χ1v) is 8.87. The van der Waals surface area contributed by atoms with Gasteiger partial charge in [-0.3, -0.25) is 9.69 Å². The number of halogens is 3. The Labute approximate surface area is 158 Å². The molecule has 4 rings (SSSR count). The maximum Gasteiger partial charge on any atom is 0.417 e. The standard InChI is InChI=1S/C20H18F3N3O2/c1-12-24-17-8-9-26(11-15(17)19(27)25-12)10-13-6-7-18(28-13)14-4-2-3-5-16(14)20(21,22)23/h2-7H,8-11H2,1H3,(H,24,25,27). The first-order valence-electron chi connectivity index (χ1n) is 8.87. The van der Waals surface area contributed by atoms with Crippen molar-refractivity contribution in [2.75, 3.05) is 6.54 Å². The Kier molecular flexibility index (Phi) is 4.58. The molecule has 1 aliphatic heterocycles. The molecule has 0 amide bonds. The molecule has 0 fully saturated rings. The van der Waals surface area contributed by atoms with Crippen LogP contribution in [0.5, 0.6) is 0 Å². The van der Waals surface area contributed by atoms with Crippen molar-refractivity contribution < 1.29 is 17.6 Å². The van der Waals surface area contributed by atoms with Gasteiger partial charge in [0.2, 0.25) is 0 Å². The summed E-state index contributed by atoms with van der Waals surface area (Å²) in [6.45, 7) is 3.27. The number of benzene rings is 1. The number of aryl methyl sites for hydroxylation is 1. The van der Waals surface area contributed by atoms with Gasteiger partial charge in [0.25, 0.3) is 5.56 Å². The Hall–Kier alpha value is -2.87. The second-order valence-corrected chi connectivity index (χ2v) is 6.85. The monoisotopic (exact) mass is 389 g/mol. The van der Waals surface area contributed by atoms with Crippen LogP contribution >= 0.6 is 0 Å². The van der Waals surface area contributed by atoms with Crippen LogP contribution in [0.2, 0.25) is 0 Å². The zero-order chi connectivity index (χ0) is 19.9. The molecule has 1 N–H and O–H groups in total. The minimum atomic E-state index is -4.45. The number of hydrogen-bond donors (Lipinski definition) is 1. The highest BCUT2D eigenvalue weighted by molar-refractivity contribution is 5.63. The predicted octanol–water partition coefficient (Wildman–Crippen LogP) is 3.92. The number of nitrogens with zero attached hydrogens (tertiary/aromatic N) is 2. The molecule has 28 heavy (non-hydrogen) atoms. The second-order valence-electron chi connectivity index (χ2n) is 6.85. The van der Waals surface area contributed by atoms with Gasteiger partial charge in [-0.2, -0.15) is 13.2 Å². The molecular formula is C20H18F3N3O2. The Morgan fingerprint density at radius 1 is 1.21 bits per heavy atom. The lowest BCUT2D eigenvalue weighted by atomic mass is 10.1. The molecule has 146 valence electrons. The molecule has 2 aromatic heterocycles. The normalized spacial score (nSPS) is 14.9. The number of furan rings is 1. The van der Waals surface area contributed by atoms with Crippen LogP contribution in [-0.4, -0.2) is 21.4 Å². The van der Waals surface area contributed by atoms with Gasteiger partial charge in [0.05, 0.1) is 23.4 Å². The van der Waals surface area contributed by atoms with E-state index in [0.29, 0.717) is 43.2 Å². The van der Waals surface area contributed by atoms with E-state index in [2.05, 4.69) is 9.97 Å². The molecule has 0 unspecified atom stereocenters. The Balaban J connectivity index is 1.55. The van der Waals surface area contributed by atoms with Crippen molar-refractivity contribution >= 4 is 0 Å². The number of fused-ring (bicyclic) bond motifs is 1. The minimum absolute atomic E-state index is 0.0151. The van der Waals surface area contributed by atoms with Crippen molar-refractivity contribution in [2.45, 2.75) is 32.6 Å². The number of rotatable bonds is 3. The fourth-order valence-electron chi connectivity index (χ4n) is 3.51. The third-order valence-corrected chi connectivity index (χ3v) is 4.81. The van der Waals surface area contributed by atoms with E-state index in [4.69, 9.17) is 4.42 Å². The van der Waals surface area contributed by atoms with Crippen molar-refractivity contribution in [1.29, 1.82) is 0 Å². The van der Waals surface area contributed by atoms with Crippen molar-refractivity contribution in [1.82, 2.24) is 14.9 Å². The summed E-state index contributed by atoms with van der Waals surface area (Å²) in [6, 6.07) is 8.58. The average Bonchev–Trinajstić information content (AvgIpc) is 3.10. The molecule has 8 heteroatoms. The first kappa shape index (κ1) is 18.5. The molecule has 0 spiro atoms. The van der Waals surface area contributed by atoms with Crippen molar-refractivity contribution in [3.8, 4) is 11.3 Å². The Morgan fingerprint density at radius 2 is 2.00 bits per heavy atom. The molecule has 0 saturated carbocycles. The zero-order valence-corrected chi connectivity index (χ0v) is 15.1. The second kappa shape index (κ2) is 6.94. The highest BCUT2D eigenvalue weighted by Crippen LogP contribution is 2.37. The van der Waals surface area contributed by atoms with E-state index >= 15 is 0 Å². The molecular weight excluding hydrogens is 371 g/mol. The van der Waals surface area contributed by atoms with Crippen LogP contribution in [0.1, 0.15) is 28.4 Å². The van der Waals surface area contributed by atoms with Crippen LogP contribution in [0, 0.1) is 6.92 Å². The van der Waals surface area contributed by atoms with Crippen LogP contribution in [0.3, 0.4) is 0 Å². The number of hydrogen-bond acceptors (Lipinski definition) is 4. The third-order valence-electron chi connectivity index (χ3n) is 4.81. The van der Waals surface area contributed by atoms with Gasteiger partial charge in [-0.25, -0.2) is 4.98 Å². The van der Waals surface area contributed by atoms with E-state index in [1.165, 1.54) is 12.1 Å². The number of aromatic nitrogens is 2. The number of alkyl halides is 3. The van der Waals surface area contributed by atoms with Crippen LogP contribution < -0.4 is 5.56 Å². The largest absolute Gasteiger partial charge is 0.460 e. The lowest BCUT2D eigenvalue weighted by Crippen LogP contribution is -2.35. The summed E-state index contributed by atoms with van der Waals surface area (Å²) in [5, 5.41) is 0. The Morgan fingerprint density at radius 3 is 2.79 bits per heavy atom. The summed E-state index contributed by atoms with van der Waals surface area (Å²) in [4.78, 5) is 21.3. The maximum atomic E-state index is 13.2. The first-order chi connectivity index (χ1) is 13.3. The van der Waals surface area contributed by atoms with Gasteiger partial charge in [0, 0.05) is 25.1 Å². The van der Waals surface area contributed by atoms with Crippen molar-refractivity contribution in [2.24, 2.45) is 0 Å². The lowest BCUT2D eigenvalue weighted by molar-refractivity contribution is -0.137. The van der Waals surface area contributed by atoms with E-state index < -0.39 is 11.7 Å². The predicted molar refractivity (Wildman–Crippen MR) is 96.6 cm³/mol. The molecule has 0 saturated heterocycles. The van der Waals surface area contributed by atoms with E-state index in [0.717, 1.165) is 11.8 Å². The zero-order valence-electron chi connectivity index (χ0n) is 15.1. The number of nitrogens with one attached hydrogen (secondary N) is 1. The van der Waals surface area contributed by atoms with E-state index in [-0.39, 0.29) is 16.9 Å². The quantitative estimate of drug-likeness (QED) is 0.738. The highest BCUT2D eigenvalue weighted by Gasteiger charge is 2.34. The molecule has 0 atom stereocenters. The molecule has 1 aliphatic rings. The summed E-state index contributed by atoms with van der Waals surface area (Å²) in [6.07, 6.45) is -3.81. The summed E-state index contributed by atoms with van der Waals surface area (Å²) >= 11 is 0. The molecule has 3 aromatic rings. The summed E-state index contributed by atoms with van der Waals surface area (Å²) < 4.78 is 45.4. The van der Waals surface area contributed by atoms with Crippen LogP contribution in [0.4, 0.5) is 13.2 Å². The van der Waals surface area contributed by atoms with Crippen molar-refractivity contribution in [3.63, 3.8) is 0 Å².